The molecule has 1 aromatic rings. The molecule has 0 atom stereocenters. The Bertz CT molecular complexity index is 483. The minimum atomic E-state index is -1.08. The summed E-state index contributed by atoms with van der Waals surface area (Å²) in [7, 11) is 1.59. The van der Waals surface area contributed by atoms with Crippen LogP contribution in [-0.4, -0.2) is 37.2 Å². The van der Waals surface area contributed by atoms with Gasteiger partial charge in [-0.25, -0.2) is 4.79 Å². The van der Waals surface area contributed by atoms with E-state index < -0.39 is 5.97 Å². The normalized spacial score (nSPS) is 10.3. The van der Waals surface area contributed by atoms with Crippen molar-refractivity contribution in [3.63, 3.8) is 0 Å². The highest BCUT2D eigenvalue weighted by Gasteiger charge is 2.20. The van der Waals surface area contributed by atoms with Crippen LogP contribution in [0.15, 0.2) is 12.1 Å². The van der Waals surface area contributed by atoms with E-state index in [9.17, 15) is 14.7 Å². The molecule has 0 aliphatic carbocycles. The highest BCUT2D eigenvalue weighted by molar-refractivity contribution is 6.06. The Kier molecular flexibility index (Phi) is 5.51. The molecular formula is C14H19NO4. The highest BCUT2D eigenvalue weighted by Crippen LogP contribution is 2.18. The van der Waals surface area contributed by atoms with Crippen LogP contribution in [0.1, 0.15) is 38.3 Å². The van der Waals surface area contributed by atoms with E-state index in [4.69, 9.17) is 4.74 Å². The number of rotatable bonds is 6. The zero-order valence-electron chi connectivity index (χ0n) is 11.4. The topological polar surface area (TPSA) is 75.6 Å². The SMILES string of the molecule is COCCCNC(=O)c1c(C)ccc(C)c1C(=O)O. The van der Waals surface area contributed by atoms with E-state index in [1.807, 2.05) is 0 Å². The Labute approximate surface area is 112 Å². The molecule has 0 aliphatic rings. The van der Waals surface area contributed by atoms with Gasteiger partial charge in [-0.2, -0.15) is 0 Å². The van der Waals surface area contributed by atoms with Crippen LogP contribution < -0.4 is 5.32 Å². The molecule has 1 aromatic carbocycles. The van der Waals surface area contributed by atoms with Crippen molar-refractivity contribution >= 4 is 11.9 Å². The zero-order valence-corrected chi connectivity index (χ0v) is 11.4. The minimum absolute atomic E-state index is 0.0734. The fraction of sp³-hybridized carbons (Fsp3) is 0.429. The van der Waals surface area contributed by atoms with Crippen molar-refractivity contribution in [1.82, 2.24) is 5.32 Å². The summed E-state index contributed by atoms with van der Waals surface area (Å²) in [6.45, 7) is 4.43. The maximum absolute atomic E-state index is 12.1. The van der Waals surface area contributed by atoms with Crippen LogP contribution >= 0.6 is 0 Å². The van der Waals surface area contributed by atoms with Gasteiger partial charge < -0.3 is 15.2 Å². The van der Waals surface area contributed by atoms with Crippen LogP contribution in [0, 0.1) is 13.8 Å². The molecule has 0 fully saturated rings. The third kappa shape index (κ3) is 3.79. The van der Waals surface area contributed by atoms with Crippen LogP contribution in [0.25, 0.3) is 0 Å². The molecule has 0 unspecified atom stereocenters. The molecule has 2 N–H and O–H groups in total. The van der Waals surface area contributed by atoms with Crippen molar-refractivity contribution in [2.45, 2.75) is 20.3 Å². The van der Waals surface area contributed by atoms with Gasteiger partial charge in [-0.15, -0.1) is 0 Å². The molecule has 0 aromatic heterocycles. The number of nitrogens with one attached hydrogen (secondary N) is 1. The predicted octanol–water partition coefficient (Wildman–Crippen LogP) is 1.77. The Hall–Kier alpha value is -1.88. The van der Waals surface area contributed by atoms with E-state index in [0.717, 1.165) is 0 Å². The van der Waals surface area contributed by atoms with Crippen LogP contribution in [0.3, 0.4) is 0 Å². The summed E-state index contributed by atoms with van der Waals surface area (Å²) in [6.07, 6.45) is 0.690. The first kappa shape index (κ1) is 15.2. The van der Waals surface area contributed by atoms with Crippen molar-refractivity contribution in [2.24, 2.45) is 0 Å². The van der Waals surface area contributed by atoms with Crippen molar-refractivity contribution in [3.05, 3.63) is 34.4 Å². The summed E-state index contributed by atoms with van der Waals surface area (Å²) in [6, 6.07) is 3.46. The molecule has 1 amide bonds. The number of amides is 1. The smallest absolute Gasteiger partial charge is 0.336 e. The fourth-order valence-corrected chi connectivity index (χ4v) is 1.89. The van der Waals surface area contributed by atoms with Crippen molar-refractivity contribution in [1.29, 1.82) is 0 Å². The number of carbonyl (C=O) groups excluding carboxylic acids is 1. The number of carboxylic acid groups (broad SMARTS) is 1. The lowest BCUT2D eigenvalue weighted by atomic mass is 9.96. The van der Waals surface area contributed by atoms with E-state index in [-0.39, 0.29) is 17.0 Å². The van der Waals surface area contributed by atoms with Gasteiger partial charge in [0.1, 0.15) is 0 Å². The largest absolute Gasteiger partial charge is 0.478 e. The molecule has 0 spiro atoms. The maximum atomic E-state index is 12.1. The van der Waals surface area contributed by atoms with E-state index in [2.05, 4.69) is 5.32 Å². The summed E-state index contributed by atoms with van der Waals surface area (Å²) >= 11 is 0. The first-order chi connectivity index (χ1) is 8.99. The summed E-state index contributed by atoms with van der Waals surface area (Å²) < 4.78 is 4.89. The number of hydrogen-bond acceptors (Lipinski definition) is 3. The standard InChI is InChI=1S/C14H19NO4/c1-9-5-6-10(2)12(14(17)18)11(9)13(16)15-7-4-8-19-3/h5-6H,4,7-8H2,1-3H3,(H,15,16)(H,17,18). The molecular weight excluding hydrogens is 246 g/mol. The lowest BCUT2D eigenvalue weighted by Gasteiger charge is -2.12. The lowest BCUT2D eigenvalue weighted by molar-refractivity contribution is 0.0690. The van der Waals surface area contributed by atoms with Gasteiger partial charge in [0.25, 0.3) is 5.91 Å². The van der Waals surface area contributed by atoms with Gasteiger partial charge in [-0.3, -0.25) is 4.79 Å². The molecule has 0 heterocycles. The lowest BCUT2D eigenvalue weighted by Crippen LogP contribution is -2.28. The van der Waals surface area contributed by atoms with Crippen molar-refractivity contribution in [2.75, 3.05) is 20.3 Å². The molecule has 5 heteroatoms. The molecule has 0 bridgehead atoms. The van der Waals surface area contributed by atoms with Crippen molar-refractivity contribution in [3.8, 4) is 0 Å². The Balaban J connectivity index is 2.95. The number of methoxy groups -OCH3 is 1. The number of aromatic carboxylic acids is 1. The predicted molar refractivity (Wildman–Crippen MR) is 71.7 cm³/mol. The van der Waals surface area contributed by atoms with Gasteiger partial charge in [0.05, 0.1) is 11.1 Å². The van der Waals surface area contributed by atoms with Crippen LogP contribution in [0.2, 0.25) is 0 Å². The minimum Gasteiger partial charge on any atom is -0.478 e. The summed E-state index contributed by atoms with van der Waals surface area (Å²) in [5.74, 6) is -1.43. The quantitative estimate of drug-likeness (QED) is 0.769. The average Bonchev–Trinajstić information content (AvgIpc) is 2.36. The number of carbonyl (C=O) groups is 2. The third-order valence-electron chi connectivity index (χ3n) is 2.87. The first-order valence-electron chi connectivity index (χ1n) is 6.09. The van der Waals surface area contributed by atoms with Gasteiger partial charge in [-0.1, -0.05) is 12.1 Å². The molecule has 1 rings (SSSR count). The molecule has 0 saturated heterocycles. The van der Waals surface area contributed by atoms with Crippen LogP contribution in [0.4, 0.5) is 0 Å². The second-order valence-corrected chi connectivity index (χ2v) is 4.36. The Morgan fingerprint density at radius 1 is 1.21 bits per heavy atom. The second kappa shape index (κ2) is 6.89. The molecule has 5 nitrogen and oxygen atoms in total. The van der Waals surface area contributed by atoms with E-state index in [1.54, 1.807) is 33.1 Å². The first-order valence-corrected chi connectivity index (χ1v) is 6.09. The van der Waals surface area contributed by atoms with Gasteiger partial charge in [-0.05, 0) is 31.4 Å². The number of ether oxygens (including phenoxy) is 1. The van der Waals surface area contributed by atoms with Crippen LogP contribution in [0.5, 0.6) is 0 Å². The number of benzene rings is 1. The number of carboxylic acids is 1. The summed E-state index contributed by atoms with van der Waals surface area (Å²) in [4.78, 5) is 23.4. The number of aryl methyl sites for hydroxylation is 2. The Morgan fingerprint density at radius 2 is 1.79 bits per heavy atom. The summed E-state index contributed by atoms with van der Waals surface area (Å²) in [5, 5.41) is 11.9. The highest BCUT2D eigenvalue weighted by atomic mass is 16.5. The van der Waals surface area contributed by atoms with Gasteiger partial charge in [0.15, 0.2) is 0 Å². The molecule has 19 heavy (non-hydrogen) atoms. The second-order valence-electron chi connectivity index (χ2n) is 4.36. The van der Waals surface area contributed by atoms with E-state index in [0.29, 0.717) is 30.7 Å². The fourth-order valence-electron chi connectivity index (χ4n) is 1.89. The molecule has 0 saturated carbocycles. The summed E-state index contributed by atoms with van der Waals surface area (Å²) in [5.41, 5.74) is 1.56. The van der Waals surface area contributed by atoms with Crippen LogP contribution in [-0.2, 0) is 4.74 Å². The molecule has 104 valence electrons. The monoisotopic (exact) mass is 265 g/mol. The molecule has 0 radical (unpaired) electrons. The zero-order chi connectivity index (χ0) is 14.4. The third-order valence-corrected chi connectivity index (χ3v) is 2.87. The average molecular weight is 265 g/mol. The van der Waals surface area contributed by atoms with Crippen molar-refractivity contribution < 1.29 is 19.4 Å². The van der Waals surface area contributed by atoms with Gasteiger partial charge >= 0.3 is 5.97 Å². The van der Waals surface area contributed by atoms with E-state index in [1.165, 1.54) is 0 Å². The molecule has 0 aliphatic heterocycles. The Morgan fingerprint density at radius 3 is 2.32 bits per heavy atom. The maximum Gasteiger partial charge on any atom is 0.336 e. The number of hydrogen-bond donors (Lipinski definition) is 2. The van der Waals surface area contributed by atoms with Gasteiger partial charge in [0.2, 0.25) is 0 Å². The van der Waals surface area contributed by atoms with E-state index >= 15 is 0 Å². The van der Waals surface area contributed by atoms with Gasteiger partial charge in [0, 0.05) is 20.3 Å².